The topological polar surface area (TPSA) is 113 Å². The zero-order valence-corrected chi connectivity index (χ0v) is 22.7. The fourth-order valence-electron chi connectivity index (χ4n) is 4.08. The van der Waals surface area contributed by atoms with E-state index in [0.717, 1.165) is 34.6 Å². The lowest BCUT2D eigenvalue weighted by Crippen LogP contribution is -2.13. The van der Waals surface area contributed by atoms with Crippen LogP contribution in [0.2, 0.25) is 10.0 Å². The summed E-state index contributed by atoms with van der Waals surface area (Å²) in [5.41, 5.74) is 11.3. The fraction of sp³-hybridized carbons (Fsp3) is 0.185. The first-order valence-corrected chi connectivity index (χ1v) is 12.2. The molecule has 0 fully saturated rings. The normalized spacial score (nSPS) is 11.3. The molecule has 196 valence electrons. The number of nitrogens with two attached hydrogens (primary N) is 1. The molecule has 9 nitrogen and oxygen atoms in total. The van der Waals surface area contributed by atoms with Gasteiger partial charge in [-0.05, 0) is 37.3 Å². The number of fused-ring (bicyclic) bond motifs is 3. The van der Waals surface area contributed by atoms with Crippen molar-refractivity contribution in [3.63, 3.8) is 0 Å². The largest absolute Gasteiger partial charge is 0.496 e. The number of hydrogen-bond donors (Lipinski definition) is 1. The summed E-state index contributed by atoms with van der Waals surface area (Å²) in [4.78, 5) is 27.1. The van der Waals surface area contributed by atoms with Crippen LogP contribution in [0.4, 0.5) is 0 Å². The van der Waals surface area contributed by atoms with Crippen LogP contribution >= 0.6 is 23.2 Å². The number of aromatic nitrogens is 3. The Morgan fingerprint density at radius 3 is 2.42 bits per heavy atom. The standard InChI is InChI=1S/C24H18Cl2N4O3.C3H7NO/c1-12-20-11-33-22-9-21(32-2)17(19-10-28-4-3-16(19)24(27)31)8-18(22)23(20)30(29-12)15-6-13(25)5-14(26)7-15;1-4(2)3-5/h3-10H,11H2,1-2H3,(H2,27,31);3H,1-2H3. The van der Waals surface area contributed by atoms with Gasteiger partial charge in [-0.3, -0.25) is 14.6 Å². The van der Waals surface area contributed by atoms with Crippen molar-refractivity contribution in [2.24, 2.45) is 5.73 Å². The molecular formula is C27H25Cl2N5O4. The molecule has 0 atom stereocenters. The van der Waals surface area contributed by atoms with Crippen molar-refractivity contribution in [3.8, 4) is 39.6 Å². The van der Waals surface area contributed by atoms with E-state index in [4.69, 9.17) is 43.5 Å². The van der Waals surface area contributed by atoms with Gasteiger partial charge in [0.1, 0.15) is 18.1 Å². The predicted octanol–water partition coefficient (Wildman–Crippen LogP) is 4.92. The van der Waals surface area contributed by atoms with Gasteiger partial charge < -0.3 is 20.1 Å². The first-order chi connectivity index (χ1) is 18.1. The van der Waals surface area contributed by atoms with Gasteiger partial charge in [0.25, 0.3) is 0 Å². The molecule has 0 radical (unpaired) electrons. The van der Waals surface area contributed by atoms with Crippen LogP contribution in [-0.4, -0.2) is 53.2 Å². The van der Waals surface area contributed by atoms with Gasteiger partial charge in [-0.25, -0.2) is 4.68 Å². The number of ether oxygens (including phenoxy) is 2. The fourth-order valence-corrected chi connectivity index (χ4v) is 4.59. The van der Waals surface area contributed by atoms with E-state index >= 15 is 0 Å². The first-order valence-electron chi connectivity index (χ1n) is 11.4. The lowest BCUT2D eigenvalue weighted by molar-refractivity contribution is -0.115. The molecule has 1 aliphatic rings. The number of methoxy groups -OCH3 is 1. The van der Waals surface area contributed by atoms with Gasteiger partial charge in [0.05, 0.1) is 29.7 Å². The molecule has 2 amide bonds. The highest BCUT2D eigenvalue weighted by Crippen LogP contribution is 2.46. The summed E-state index contributed by atoms with van der Waals surface area (Å²) >= 11 is 12.5. The minimum Gasteiger partial charge on any atom is -0.496 e. The summed E-state index contributed by atoms with van der Waals surface area (Å²) in [7, 11) is 4.93. The Bertz CT molecular complexity index is 1510. The maximum Gasteiger partial charge on any atom is 0.249 e. The Hall–Kier alpha value is -4.08. The third-order valence-corrected chi connectivity index (χ3v) is 6.23. The number of carbonyl (C=O) groups is 2. The Balaban J connectivity index is 0.000000617. The van der Waals surface area contributed by atoms with E-state index in [1.54, 1.807) is 62.4 Å². The molecule has 0 spiro atoms. The molecular weight excluding hydrogens is 529 g/mol. The van der Waals surface area contributed by atoms with Gasteiger partial charge in [0, 0.05) is 64.9 Å². The van der Waals surface area contributed by atoms with Crippen molar-refractivity contribution in [2.75, 3.05) is 21.2 Å². The van der Waals surface area contributed by atoms with Gasteiger partial charge in [-0.1, -0.05) is 23.2 Å². The van der Waals surface area contributed by atoms with E-state index in [0.29, 0.717) is 44.8 Å². The summed E-state index contributed by atoms with van der Waals surface area (Å²) in [5, 5.41) is 5.74. The second kappa shape index (κ2) is 11.1. The van der Waals surface area contributed by atoms with Crippen LogP contribution in [-0.2, 0) is 11.4 Å². The molecule has 0 saturated carbocycles. The van der Waals surface area contributed by atoms with E-state index in [1.165, 1.54) is 11.1 Å². The molecule has 2 aromatic heterocycles. The van der Waals surface area contributed by atoms with Crippen LogP contribution in [0.5, 0.6) is 11.5 Å². The lowest BCUT2D eigenvalue weighted by Gasteiger charge is -2.22. The highest BCUT2D eigenvalue weighted by molar-refractivity contribution is 6.34. The molecule has 2 N–H and O–H groups in total. The van der Waals surface area contributed by atoms with E-state index in [1.807, 2.05) is 13.0 Å². The number of pyridine rings is 1. The monoisotopic (exact) mass is 553 g/mol. The second-order valence-corrected chi connectivity index (χ2v) is 9.52. The van der Waals surface area contributed by atoms with Crippen LogP contribution < -0.4 is 15.2 Å². The smallest absolute Gasteiger partial charge is 0.249 e. The van der Waals surface area contributed by atoms with Crippen molar-refractivity contribution in [1.29, 1.82) is 0 Å². The van der Waals surface area contributed by atoms with Gasteiger partial charge >= 0.3 is 0 Å². The third kappa shape index (κ3) is 5.29. The second-order valence-electron chi connectivity index (χ2n) is 8.64. The van der Waals surface area contributed by atoms with Crippen molar-refractivity contribution in [1.82, 2.24) is 19.7 Å². The number of amides is 2. The number of rotatable bonds is 5. The summed E-state index contributed by atoms with van der Waals surface area (Å²) in [6.07, 6.45) is 3.87. The van der Waals surface area contributed by atoms with Gasteiger partial charge in [-0.2, -0.15) is 5.10 Å². The predicted molar refractivity (Wildman–Crippen MR) is 146 cm³/mol. The highest BCUT2D eigenvalue weighted by Gasteiger charge is 2.28. The van der Waals surface area contributed by atoms with E-state index in [-0.39, 0.29) is 0 Å². The number of primary amides is 1. The number of carbonyl (C=O) groups excluding carboxylic acids is 2. The minimum atomic E-state index is -0.557. The summed E-state index contributed by atoms with van der Waals surface area (Å²) in [6, 6.07) is 10.5. The molecule has 2 aromatic carbocycles. The Labute approximate surface area is 229 Å². The number of benzene rings is 2. The van der Waals surface area contributed by atoms with Gasteiger partial charge in [0.2, 0.25) is 12.3 Å². The molecule has 0 bridgehead atoms. The number of nitrogens with zero attached hydrogens (tertiary/aromatic N) is 4. The maximum absolute atomic E-state index is 12.1. The third-order valence-electron chi connectivity index (χ3n) is 5.79. The summed E-state index contributed by atoms with van der Waals surface area (Å²) in [5.74, 6) is 0.599. The Kier molecular flexibility index (Phi) is 7.89. The summed E-state index contributed by atoms with van der Waals surface area (Å²) in [6.45, 7) is 2.27. The molecule has 0 unspecified atom stereocenters. The van der Waals surface area contributed by atoms with Gasteiger partial charge in [0.15, 0.2) is 0 Å². The van der Waals surface area contributed by atoms with E-state index in [9.17, 15) is 9.59 Å². The van der Waals surface area contributed by atoms with Crippen LogP contribution in [0.3, 0.4) is 0 Å². The molecule has 3 heterocycles. The van der Waals surface area contributed by atoms with Crippen LogP contribution in [0, 0.1) is 6.92 Å². The van der Waals surface area contributed by atoms with Crippen molar-refractivity contribution >= 4 is 35.5 Å². The molecule has 38 heavy (non-hydrogen) atoms. The van der Waals surface area contributed by atoms with Gasteiger partial charge in [-0.15, -0.1) is 0 Å². The van der Waals surface area contributed by atoms with Crippen LogP contribution in [0.15, 0.2) is 48.8 Å². The first kappa shape index (κ1) is 27.0. The van der Waals surface area contributed by atoms with Crippen molar-refractivity contribution in [2.45, 2.75) is 13.5 Å². The lowest BCUT2D eigenvalue weighted by atomic mass is 9.94. The number of hydrogen-bond acceptors (Lipinski definition) is 6. The molecule has 0 saturated heterocycles. The number of halogens is 2. The average molecular weight is 554 g/mol. The molecule has 1 aliphatic heterocycles. The van der Waals surface area contributed by atoms with Crippen molar-refractivity contribution < 1.29 is 19.1 Å². The average Bonchev–Trinajstić information content (AvgIpc) is 3.24. The molecule has 0 aliphatic carbocycles. The van der Waals surface area contributed by atoms with Crippen LogP contribution in [0.25, 0.3) is 28.1 Å². The van der Waals surface area contributed by atoms with E-state index < -0.39 is 5.91 Å². The maximum atomic E-state index is 12.1. The molecule has 11 heteroatoms. The molecule has 4 aromatic rings. The zero-order chi connectivity index (χ0) is 27.6. The Morgan fingerprint density at radius 1 is 1.13 bits per heavy atom. The quantitative estimate of drug-likeness (QED) is 0.351. The van der Waals surface area contributed by atoms with Crippen molar-refractivity contribution in [3.05, 3.63) is 75.7 Å². The number of aryl methyl sites for hydroxylation is 1. The zero-order valence-electron chi connectivity index (χ0n) is 21.2. The Morgan fingerprint density at radius 2 is 1.82 bits per heavy atom. The SMILES string of the molecule is CN(C)C=O.COc1cc2c(cc1-c1cnccc1C(N)=O)-c1c(c(C)nn1-c1cc(Cl)cc(Cl)c1)CO2. The summed E-state index contributed by atoms with van der Waals surface area (Å²) < 4.78 is 13.5. The van der Waals surface area contributed by atoms with E-state index in [2.05, 4.69) is 4.98 Å². The molecule has 5 rings (SSSR count). The highest BCUT2D eigenvalue weighted by atomic mass is 35.5. The minimum absolute atomic E-state index is 0.339. The van der Waals surface area contributed by atoms with Crippen LogP contribution in [0.1, 0.15) is 21.6 Å².